The van der Waals surface area contributed by atoms with E-state index in [4.69, 9.17) is 5.14 Å². The fourth-order valence-electron chi connectivity index (χ4n) is 1.48. The van der Waals surface area contributed by atoms with Crippen molar-refractivity contribution in [1.29, 1.82) is 0 Å². The van der Waals surface area contributed by atoms with Crippen LogP contribution >= 0.6 is 15.9 Å². The minimum atomic E-state index is -3.68. The molecule has 2 rings (SSSR count). The molecule has 0 aromatic heterocycles. The largest absolute Gasteiger partial charge is 0.238 e. The van der Waals surface area contributed by atoms with Crippen molar-refractivity contribution >= 4 is 36.7 Å². The first kappa shape index (κ1) is 10.6. The fraction of sp³-hybridized carbons (Fsp3) is 0. The molecule has 0 atom stereocenters. The Hall–Kier alpha value is -0.910. The molecule has 0 aliphatic carbocycles. The average Bonchev–Trinajstić information content (AvgIpc) is 2.15. The van der Waals surface area contributed by atoms with E-state index in [-0.39, 0.29) is 4.90 Å². The van der Waals surface area contributed by atoms with Crippen LogP contribution in [0.5, 0.6) is 0 Å². The van der Waals surface area contributed by atoms with Gasteiger partial charge in [-0.2, -0.15) is 0 Å². The zero-order valence-electron chi connectivity index (χ0n) is 7.64. The van der Waals surface area contributed by atoms with Crippen molar-refractivity contribution in [3.05, 3.63) is 40.9 Å². The molecule has 0 fully saturated rings. The van der Waals surface area contributed by atoms with E-state index in [0.29, 0.717) is 9.86 Å². The zero-order valence-corrected chi connectivity index (χ0v) is 10.0. The summed E-state index contributed by atoms with van der Waals surface area (Å²) in [4.78, 5) is 0.146. The Kier molecular flexibility index (Phi) is 2.54. The lowest BCUT2D eigenvalue weighted by atomic mass is 10.1. The van der Waals surface area contributed by atoms with Gasteiger partial charge in [-0.1, -0.05) is 40.2 Å². The van der Waals surface area contributed by atoms with Gasteiger partial charge in [-0.05, 0) is 17.5 Å². The molecule has 0 aliphatic rings. The first-order valence-electron chi connectivity index (χ1n) is 4.19. The average molecular weight is 286 g/mol. The minimum absolute atomic E-state index is 0.146. The molecule has 15 heavy (non-hydrogen) atoms. The van der Waals surface area contributed by atoms with Crippen molar-refractivity contribution in [2.45, 2.75) is 4.90 Å². The summed E-state index contributed by atoms with van der Waals surface area (Å²) in [6.45, 7) is 0. The second kappa shape index (κ2) is 3.59. The second-order valence-corrected chi connectivity index (χ2v) is 5.62. The highest BCUT2D eigenvalue weighted by Gasteiger charge is 2.12. The number of fused-ring (bicyclic) bond motifs is 1. The maximum Gasteiger partial charge on any atom is 0.238 e. The molecule has 0 bridgehead atoms. The van der Waals surface area contributed by atoms with E-state index < -0.39 is 10.0 Å². The summed E-state index contributed by atoms with van der Waals surface area (Å²) in [6, 6.07) is 10.6. The van der Waals surface area contributed by atoms with Gasteiger partial charge >= 0.3 is 0 Å². The van der Waals surface area contributed by atoms with Gasteiger partial charge in [0.15, 0.2) is 0 Å². The van der Waals surface area contributed by atoms with E-state index in [1.807, 2.05) is 18.2 Å². The fourth-order valence-corrected chi connectivity index (χ4v) is 2.89. The number of benzene rings is 2. The van der Waals surface area contributed by atoms with Gasteiger partial charge in [-0.25, -0.2) is 13.6 Å². The van der Waals surface area contributed by atoms with E-state index in [2.05, 4.69) is 15.9 Å². The van der Waals surface area contributed by atoms with Gasteiger partial charge in [-0.15, -0.1) is 0 Å². The van der Waals surface area contributed by atoms with Crippen LogP contribution < -0.4 is 5.14 Å². The predicted octanol–water partition coefficient (Wildman–Crippen LogP) is 2.25. The Morgan fingerprint density at radius 2 is 1.80 bits per heavy atom. The Morgan fingerprint density at radius 1 is 1.13 bits per heavy atom. The number of hydrogen-bond acceptors (Lipinski definition) is 2. The van der Waals surface area contributed by atoms with Crippen molar-refractivity contribution < 1.29 is 8.42 Å². The second-order valence-electron chi connectivity index (χ2n) is 3.17. The van der Waals surface area contributed by atoms with Crippen LogP contribution in [0.3, 0.4) is 0 Å². The quantitative estimate of drug-likeness (QED) is 0.874. The molecule has 2 aromatic rings. The third kappa shape index (κ3) is 2.04. The molecule has 2 aromatic carbocycles. The molecule has 0 spiro atoms. The highest BCUT2D eigenvalue weighted by atomic mass is 79.9. The lowest BCUT2D eigenvalue weighted by Gasteiger charge is -2.05. The van der Waals surface area contributed by atoms with Gasteiger partial charge in [-0.3, -0.25) is 0 Å². The molecule has 3 nitrogen and oxygen atoms in total. The van der Waals surface area contributed by atoms with Crippen LogP contribution in [0.4, 0.5) is 0 Å². The monoisotopic (exact) mass is 285 g/mol. The summed E-state index contributed by atoms with van der Waals surface area (Å²) in [7, 11) is -3.68. The van der Waals surface area contributed by atoms with E-state index >= 15 is 0 Å². The SMILES string of the molecule is NS(=O)(=O)c1cc(Br)cc2ccccc12. The summed E-state index contributed by atoms with van der Waals surface area (Å²) in [5, 5.41) is 6.63. The van der Waals surface area contributed by atoms with Crippen LogP contribution in [0.25, 0.3) is 10.8 Å². The molecular weight excluding hydrogens is 278 g/mol. The Bertz CT molecular complexity index is 622. The Balaban J connectivity index is 2.96. The van der Waals surface area contributed by atoms with E-state index in [1.54, 1.807) is 12.1 Å². The van der Waals surface area contributed by atoms with Crippen LogP contribution in [-0.4, -0.2) is 8.42 Å². The molecule has 5 heteroatoms. The van der Waals surface area contributed by atoms with Crippen LogP contribution in [0.2, 0.25) is 0 Å². The zero-order chi connectivity index (χ0) is 11.1. The summed E-state index contributed by atoms with van der Waals surface area (Å²) in [5.41, 5.74) is 0. The maximum absolute atomic E-state index is 11.4. The van der Waals surface area contributed by atoms with Crippen molar-refractivity contribution in [3.63, 3.8) is 0 Å². The Labute approximate surface area is 96.1 Å². The van der Waals surface area contributed by atoms with E-state index in [0.717, 1.165) is 5.39 Å². The highest BCUT2D eigenvalue weighted by Crippen LogP contribution is 2.26. The first-order chi connectivity index (χ1) is 6.98. The molecule has 2 N–H and O–H groups in total. The van der Waals surface area contributed by atoms with Crippen molar-refractivity contribution in [3.8, 4) is 0 Å². The molecule has 0 aliphatic heterocycles. The van der Waals surface area contributed by atoms with Gasteiger partial charge in [0.05, 0.1) is 4.90 Å². The first-order valence-corrected chi connectivity index (χ1v) is 6.53. The predicted molar refractivity (Wildman–Crippen MR) is 63.0 cm³/mol. The van der Waals surface area contributed by atoms with Gasteiger partial charge in [0.2, 0.25) is 10.0 Å². The number of rotatable bonds is 1. The summed E-state index contributed by atoms with van der Waals surface area (Å²) >= 11 is 3.26. The molecular formula is C10H8BrNO2S. The molecule has 78 valence electrons. The summed E-state index contributed by atoms with van der Waals surface area (Å²) in [5.74, 6) is 0. The topological polar surface area (TPSA) is 60.2 Å². The van der Waals surface area contributed by atoms with Crippen LogP contribution in [0, 0.1) is 0 Å². The number of hydrogen-bond donors (Lipinski definition) is 1. The highest BCUT2D eigenvalue weighted by molar-refractivity contribution is 9.10. The van der Waals surface area contributed by atoms with Crippen LogP contribution in [0.1, 0.15) is 0 Å². The number of sulfonamides is 1. The van der Waals surface area contributed by atoms with Gasteiger partial charge in [0.1, 0.15) is 0 Å². The number of halogens is 1. The molecule has 0 radical (unpaired) electrons. The standard InChI is InChI=1S/C10H8BrNO2S/c11-8-5-7-3-1-2-4-9(7)10(6-8)15(12,13)14/h1-6H,(H2,12,13,14). The number of primary sulfonamides is 1. The Morgan fingerprint density at radius 3 is 2.47 bits per heavy atom. The molecule has 0 amide bonds. The van der Waals surface area contributed by atoms with Gasteiger partial charge in [0, 0.05) is 9.86 Å². The molecule has 0 unspecified atom stereocenters. The van der Waals surface area contributed by atoms with Gasteiger partial charge < -0.3 is 0 Å². The summed E-state index contributed by atoms with van der Waals surface area (Å²) < 4.78 is 23.4. The third-order valence-electron chi connectivity index (χ3n) is 2.10. The molecule has 0 heterocycles. The molecule has 0 saturated carbocycles. The lowest BCUT2D eigenvalue weighted by Crippen LogP contribution is -2.12. The van der Waals surface area contributed by atoms with E-state index in [1.165, 1.54) is 6.07 Å². The smallest absolute Gasteiger partial charge is 0.225 e. The van der Waals surface area contributed by atoms with Gasteiger partial charge in [0.25, 0.3) is 0 Å². The minimum Gasteiger partial charge on any atom is -0.225 e. The number of nitrogens with two attached hydrogens (primary N) is 1. The van der Waals surface area contributed by atoms with Crippen LogP contribution in [0.15, 0.2) is 45.8 Å². The molecule has 0 saturated heterocycles. The van der Waals surface area contributed by atoms with Crippen LogP contribution in [-0.2, 0) is 10.0 Å². The maximum atomic E-state index is 11.4. The third-order valence-corrected chi connectivity index (χ3v) is 3.50. The summed E-state index contributed by atoms with van der Waals surface area (Å²) in [6.07, 6.45) is 0. The lowest BCUT2D eigenvalue weighted by molar-refractivity contribution is 0.598. The van der Waals surface area contributed by atoms with Crippen molar-refractivity contribution in [1.82, 2.24) is 0 Å². The van der Waals surface area contributed by atoms with Crippen molar-refractivity contribution in [2.75, 3.05) is 0 Å². The van der Waals surface area contributed by atoms with Crippen molar-refractivity contribution in [2.24, 2.45) is 5.14 Å². The normalized spacial score (nSPS) is 11.9. The van der Waals surface area contributed by atoms with E-state index in [9.17, 15) is 8.42 Å².